The molecule has 7 heteroatoms. The second kappa shape index (κ2) is 13.1. The van der Waals surface area contributed by atoms with Gasteiger partial charge in [0.25, 0.3) is 0 Å². The van der Waals surface area contributed by atoms with Gasteiger partial charge < -0.3 is 20.1 Å². The highest BCUT2D eigenvalue weighted by atomic mass is 127. The fourth-order valence-corrected chi connectivity index (χ4v) is 2.33. The lowest BCUT2D eigenvalue weighted by Crippen LogP contribution is -2.45. The van der Waals surface area contributed by atoms with E-state index in [9.17, 15) is 0 Å². The molecule has 0 bridgehead atoms. The molecule has 0 fully saturated rings. The van der Waals surface area contributed by atoms with Crippen molar-refractivity contribution in [2.24, 2.45) is 10.4 Å². The van der Waals surface area contributed by atoms with Gasteiger partial charge in [0.2, 0.25) is 5.88 Å². The molecule has 0 aliphatic carbocycles. The van der Waals surface area contributed by atoms with Crippen LogP contribution < -0.4 is 15.4 Å². The molecule has 1 rings (SSSR count). The van der Waals surface area contributed by atoms with Crippen molar-refractivity contribution >= 4 is 29.9 Å². The number of pyridine rings is 1. The molecule has 2 N–H and O–H groups in total. The Hall–Kier alpha value is -1.09. The lowest BCUT2D eigenvalue weighted by Gasteiger charge is -2.30. The molecule has 0 saturated carbocycles. The summed E-state index contributed by atoms with van der Waals surface area (Å²) in [6.07, 6.45) is 3.98. The normalized spacial score (nSPS) is 12.9. The molecule has 0 aliphatic heterocycles. The smallest absolute Gasteiger partial charge is 0.218 e. The molecule has 0 amide bonds. The molecule has 1 aromatic heterocycles. The van der Waals surface area contributed by atoms with Crippen molar-refractivity contribution in [2.45, 2.75) is 53.2 Å². The molecule has 0 aromatic carbocycles. The second-order valence-corrected chi connectivity index (χ2v) is 7.07. The number of hydrogen-bond acceptors (Lipinski definition) is 4. The van der Waals surface area contributed by atoms with Gasteiger partial charge in [-0.05, 0) is 17.9 Å². The Kier molecular flexibility index (Phi) is 12.6. The topological polar surface area (TPSA) is 67.8 Å². The Morgan fingerprint density at radius 2 is 2.04 bits per heavy atom. The third-order valence-corrected chi connectivity index (χ3v) is 3.96. The van der Waals surface area contributed by atoms with E-state index in [1.807, 2.05) is 12.1 Å². The lowest BCUT2D eigenvalue weighted by molar-refractivity contribution is 0.0205. The zero-order valence-corrected chi connectivity index (χ0v) is 19.3. The van der Waals surface area contributed by atoms with Crippen LogP contribution in [0.3, 0.4) is 0 Å². The number of aliphatic imine (C=N–C) groups is 1. The van der Waals surface area contributed by atoms with Crippen LogP contribution in [-0.4, -0.2) is 44.4 Å². The number of nitrogens with one attached hydrogen (secondary N) is 2. The van der Waals surface area contributed by atoms with Gasteiger partial charge in [0.05, 0.1) is 12.7 Å². The number of guanidine groups is 1. The predicted octanol–water partition coefficient (Wildman–Crippen LogP) is 3.60. The monoisotopic (exact) mass is 478 g/mol. The zero-order chi connectivity index (χ0) is 18.7. The molecule has 0 saturated heterocycles. The largest absolute Gasteiger partial charge is 0.477 e. The van der Waals surface area contributed by atoms with Crippen LogP contribution in [0.2, 0.25) is 0 Å². The summed E-state index contributed by atoms with van der Waals surface area (Å²) in [5.74, 6) is 1.41. The molecule has 0 spiro atoms. The number of ether oxygens (including phenoxy) is 2. The maximum absolute atomic E-state index is 5.77. The van der Waals surface area contributed by atoms with Crippen LogP contribution in [-0.2, 0) is 11.3 Å². The molecule has 1 heterocycles. The van der Waals surface area contributed by atoms with Gasteiger partial charge in [-0.1, -0.05) is 40.2 Å². The van der Waals surface area contributed by atoms with E-state index < -0.39 is 0 Å². The fourth-order valence-electron chi connectivity index (χ4n) is 2.33. The summed E-state index contributed by atoms with van der Waals surface area (Å²) in [5, 5.41) is 6.63. The van der Waals surface area contributed by atoms with Gasteiger partial charge in [0, 0.05) is 39.0 Å². The van der Waals surface area contributed by atoms with Gasteiger partial charge in [0.1, 0.15) is 0 Å². The highest BCUT2D eigenvalue weighted by Crippen LogP contribution is 2.21. The summed E-state index contributed by atoms with van der Waals surface area (Å²) in [6.45, 7) is 10.6. The Bertz CT molecular complexity index is 533. The molecule has 6 nitrogen and oxygen atoms in total. The number of aromatic nitrogens is 1. The standard InChI is InChI=1S/C19H34N4O2.HI/c1-7-8-12-25-17-15(10-9-11-21-17)13-22-18(20-5)23-14-16(24-6)19(2,3)4;/h9-11,16H,7-8,12-14H2,1-6H3,(H2,20,22,23);1H. The zero-order valence-electron chi connectivity index (χ0n) is 17.0. The minimum Gasteiger partial charge on any atom is -0.477 e. The highest BCUT2D eigenvalue weighted by Gasteiger charge is 2.24. The van der Waals surface area contributed by atoms with Gasteiger partial charge in [-0.2, -0.15) is 0 Å². The molecule has 1 atom stereocenters. The predicted molar refractivity (Wildman–Crippen MR) is 119 cm³/mol. The van der Waals surface area contributed by atoms with E-state index in [0.717, 1.165) is 24.4 Å². The van der Waals surface area contributed by atoms with E-state index in [1.165, 1.54) is 0 Å². The lowest BCUT2D eigenvalue weighted by atomic mass is 9.89. The Labute approximate surface area is 175 Å². The third-order valence-electron chi connectivity index (χ3n) is 3.96. The first-order valence-electron chi connectivity index (χ1n) is 8.96. The van der Waals surface area contributed by atoms with Crippen LogP contribution in [0, 0.1) is 5.41 Å². The number of hydrogen-bond donors (Lipinski definition) is 2. The second-order valence-electron chi connectivity index (χ2n) is 7.07. The third kappa shape index (κ3) is 9.02. The van der Waals surface area contributed by atoms with Crippen LogP contribution in [0.5, 0.6) is 5.88 Å². The van der Waals surface area contributed by atoms with Crippen molar-refractivity contribution in [3.05, 3.63) is 23.9 Å². The SMILES string of the molecule is CCCCOc1ncccc1CNC(=NC)NCC(OC)C(C)(C)C.I. The van der Waals surface area contributed by atoms with Gasteiger partial charge in [-0.25, -0.2) is 4.98 Å². The minimum atomic E-state index is 0. The fraction of sp³-hybridized carbons (Fsp3) is 0.684. The first kappa shape index (κ1) is 24.9. The molecule has 0 radical (unpaired) electrons. The van der Waals surface area contributed by atoms with Crippen LogP contribution in [0.25, 0.3) is 0 Å². The van der Waals surface area contributed by atoms with Crippen molar-refractivity contribution in [3.63, 3.8) is 0 Å². The highest BCUT2D eigenvalue weighted by molar-refractivity contribution is 14.0. The first-order chi connectivity index (χ1) is 11.9. The van der Waals surface area contributed by atoms with Crippen LogP contribution >= 0.6 is 24.0 Å². The summed E-state index contributed by atoms with van der Waals surface area (Å²) in [4.78, 5) is 8.61. The van der Waals surface area contributed by atoms with Gasteiger partial charge in [-0.3, -0.25) is 4.99 Å². The number of nitrogens with zero attached hydrogens (tertiary/aromatic N) is 2. The van der Waals surface area contributed by atoms with Crippen molar-refractivity contribution in [3.8, 4) is 5.88 Å². The molecule has 1 aromatic rings. The maximum Gasteiger partial charge on any atom is 0.218 e. The van der Waals surface area contributed by atoms with Crippen molar-refractivity contribution in [2.75, 3.05) is 27.3 Å². The van der Waals surface area contributed by atoms with Gasteiger partial charge in [-0.15, -0.1) is 24.0 Å². The molecule has 1 unspecified atom stereocenters. The van der Waals surface area contributed by atoms with E-state index in [4.69, 9.17) is 9.47 Å². The molecular weight excluding hydrogens is 443 g/mol. The number of halogens is 1. The summed E-state index contributed by atoms with van der Waals surface area (Å²) >= 11 is 0. The van der Waals surface area contributed by atoms with E-state index in [0.29, 0.717) is 25.6 Å². The average Bonchev–Trinajstić information content (AvgIpc) is 2.58. The summed E-state index contributed by atoms with van der Waals surface area (Å²) in [7, 11) is 3.50. The van der Waals surface area contributed by atoms with Crippen molar-refractivity contribution < 1.29 is 9.47 Å². The molecular formula is C19H35IN4O2. The molecule has 0 aliphatic rings. The van der Waals surface area contributed by atoms with E-state index in [-0.39, 0.29) is 35.5 Å². The molecule has 150 valence electrons. The molecule has 26 heavy (non-hydrogen) atoms. The summed E-state index contributed by atoms with van der Waals surface area (Å²) in [6, 6.07) is 3.93. The number of rotatable bonds is 9. The van der Waals surface area contributed by atoms with Crippen molar-refractivity contribution in [1.29, 1.82) is 0 Å². The van der Waals surface area contributed by atoms with Crippen LogP contribution in [0.15, 0.2) is 23.3 Å². The van der Waals surface area contributed by atoms with Crippen molar-refractivity contribution in [1.82, 2.24) is 15.6 Å². The number of unbranched alkanes of at least 4 members (excludes halogenated alkanes) is 1. The van der Waals surface area contributed by atoms with Crippen LogP contribution in [0.4, 0.5) is 0 Å². The maximum atomic E-state index is 5.77. The number of methoxy groups -OCH3 is 1. The summed E-state index contributed by atoms with van der Waals surface area (Å²) in [5.41, 5.74) is 1.07. The average molecular weight is 478 g/mol. The minimum absolute atomic E-state index is 0. The van der Waals surface area contributed by atoms with E-state index in [2.05, 4.69) is 48.3 Å². The Balaban J connectivity index is 0.00000625. The van der Waals surface area contributed by atoms with Gasteiger partial charge >= 0.3 is 0 Å². The van der Waals surface area contributed by atoms with E-state index in [1.54, 1.807) is 20.4 Å². The quantitative estimate of drug-likeness (QED) is 0.246. The van der Waals surface area contributed by atoms with E-state index >= 15 is 0 Å². The Morgan fingerprint density at radius 1 is 1.31 bits per heavy atom. The summed E-state index contributed by atoms with van der Waals surface area (Å²) < 4.78 is 11.3. The Morgan fingerprint density at radius 3 is 2.62 bits per heavy atom. The van der Waals surface area contributed by atoms with Crippen LogP contribution in [0.1, 0.15) is 46.1 Å². The first-order valence-corrected chi connectivity index (χ1v) is 8.96. The van der Waals surface area contributed by atoms with Gasteiger partial charge in [0.15, 0.2) is 5.96 Å².